The van der Waals surface area contributed by atoms with E-state index in [9.17, 15) is 5.11 Å². The minimum Gasteiger partial charge on any atom is -0.388 e. The van der Waals surface area contributed by atoms with Crippen LogP contribution in [0.5, 0.6) is 0 Å². The fourth-order valence-corrected chi connectivity index (χ4v) is 3.24. The molecule has 0 spiro atoms. The van der Waals surface area contributed by atoms with Gasteiger partial charge in [-0.25, -0.2) is 0 Å². The molecule has 3 atom stereocenters. The van der Waals surface area contributed by atoms with E-state index < -0.39 is 0 Å². The average molecular weight is 239 g/mol. The van der Waals surface area contributed by atoms with Gasteiger partial charge in [0.05, 0.1) is 6.10 Å². The van der Waals surface area contributed by atoms with Crippen LogP contribution in [0.3, 0.4) is 0 Å². The summed E-state index contributed by atoms with van der Waals surface area (Å²) < 4.78 is 0. The Kier molecular flexibility index (Phi) is 4.38. The third-order valence-corrected chi connectivity index (χ3v) is 4.53. The van der Waals surface area contributed by atoms with E-state index in [4.69, 9.17) is 0 Å². The smallest absolute Gasteiger partial charge is 0.0896 e. The summed E-state index contributed by atoms with van der Waals surface area (Å²) in [4.78, 5) is 1.10. The van der Waals surface area contributed by atoms with Gasteiger partial charge in [0.1, 0.15) is 0 Å². The van der Waals surface area contributed by atoms with Gasteiger partial charge in [-0.3, -0.25) is 0 Å². The van der Waals surface area contributed by atoms with E-state index in [1.807, 2.05) is 17.5 Å². The van der Waals surface area contributed by atoms with E-state index in [1.165, 1.54) is 19.3 Å². The first kappa shape index (κ1) is 12.1. The van der Waals surface area contributed by atoms with Gasteiger partial charge in [-0.2, -0.15) is 0 Å². The molecule has 1 aliphatic rings. The highest BCUT2D eigenvalue weighted by molar-refractivity contribution is 7.10. The van der Waals surface area contributed by atoms with Crippen molar-refractivity contribution in [1.82, 2.24) is 5.32 Å². The number of hydrogen-bond donors (Lipinski definition) is 2. The van der Waals surface area contributed by atoms with Gasteiger partial charge in [-0.15, -0.1) is 11.3 Å². The van der Waals surface area contributed by atoms with Crippen LogP contribution in [0.2, 0.25) is 0 Å². The molecule has 2 heterocycles. The summed E-state index contributed by atoms with van der Waals surface area (Å²) in [7, 11) is 0. The number of nitrogens with one attached hydrogen (secondary N) is 1. The maximum atomic E-state index is 10.1. The Labute approximate surface area is 102 Å². The highest BCUT2D eigenvalue weighted by Gasteiger charge is 2.23. The third kappa shape index (κ3) is 3.06. The Morgan fingerprint density at radius 3 is 3.19 bits per heavy atom. The average Bonchev–Trinajstić information content (AvgIpc) is 2.83. The van der Waals surface area contributed by atoms with Gasteiger partial charge in [0.2, 0.25) is 0 Å². The van der Waals surface area contributed by atoms with E-state index >= 15 is 0 Å². The molecule has 1 aromatic rings. The summed E-state index contributed by atoms with van der Waals surface area (Å²) in [5, 5.41) is 15.6. The van der Waals surface area contributed by atoms with Crippen LogP contribution in [0.25, 0.3) is 0 Å². The lowest BCUT2D eigenvalue weighted by molar-refractivity contribution is 0.139. The molecular formula is C13H21NOS. The summed E-state index contributed by atoms with van der Waals surface area (Å²) in [5.74, 6) is 0.849. The first-order chi connectivity index (χ1) is 7.79. The molecule has 0 saturated carbocycles. The van der Waals surface area contributed by atoms with Gasteiger partial charge >= 0.3 is 0 Å². The van der Waals surface area contributed by atoms with Gasteiger partial charge < -0.3 is 10.4 Å². The van der Waals surface area contributed by atoms with E-state index in [0.717, 1.165) is 23.8 Å². The lowest BCUT2D eigenvalue weighted by Crippen LogP contribution is -2.38. The van der Waals surface area contributed by atoms with Crippen molar-refractivity contribution < 1.29 is 5.11 Å². The topological polar surface area (TPSA) is 32.3 Å². The lowest BCUT2D eigenvalue weighted by Gasteiger charge is -2.30. The molecule has 90 valence electrons. The zero-order valence-electron chi connectivity index (χ0n) is 9.86. The minimum atomic E-state index is -0.284. The normalized spacial score (nSPS) is 27.9. The van der Waals surface area contributed by atoms with Crippen LogP contribution in [0, 0.1) is 5.92 Å². The molecule has 0 aliphatic carbocycles. The van der Waals surface area contributed by atoms with Crippen molar-refractivity contribution in [1.29, 1.82) is 0 Å². The summed E-state index contributed by atoms with van der Waals surface area (Å²) in [6.07, 6.45) is 4.36. The maximum Gasteiger partial charge on any atom is 0.0896 e. The SMILES string of the molecule is CCC1CCNC(CC(O)c2cccs2)C1. The fourth-order valence-electron chi connectivity index (χ4n) is 2.51. The van der Waals surface area contributed by atoms with Crippen LogP contribution in [0.4, 0.5) is 0 Å². The number of aliphatic hydroxyl groups is 1. The zero-order chi connectivity index (χ0) is 11.4. The molecule has 3 heteroatoms. The van der Waals surface area contributed by atoms with Crippen LogP contribution in [0.15, 0.2) is 17.5 Å². The van der Waals surface area contributed by atoms with Gasteiger partial charge in [-0.1, -0.05) is 19.4 Å². The van der Waals surface area contributed by atoms with Crippen molar-refractivity contribution in [2.24, 2.45) is 5.92 Å². The lowest BCUT2D eigenvalue weighted by atomic mass is 9.88. The Morgan fingerprint density at radius 1 is 1.62 bits per heavy atom. The summed E-state index contributed by atoms with van der Waals surface area (Å²) in [6, 6.07) is 4.53. The number of rotatable bonds is 4. The largest absolute Gasteiger partial charge is 0.388 e. The van der Waals surface area contributed by atoms with Crippen molar-refractivity contribution in [3.8, 4) is 0 Å². The van der Waals surface area contributed by atoms with Crippen LogP contribution < -0.4 is 5.32 Å². The van der Waals surface area contributed by atoms with Gasteiger partial charge in [0.25, 0.3) is 0 Å². The van der Waals surface area contributed by atoms with Gasteiger partial charge in [-0.05, 0) is 43.2 Å². The molecule has 1 aliphatic heterocycles. The molecule has 0 amide bonds. The van der Waals surface area contributed by atoms with Crippen LogP contribution in [0.1, 0.15) is 43.6 Å². The van der Waals surface area contributed by atoms with E-state index in [2.05, 4.69) is 12.2 Å². The molecule has 16 heavy (non-hydrogen) atoms. The number of aliphatic hydroxyl groups excluding tert-OH is 1. The minimum absolute atomic E-state index is 0.284. The first-order valence-corrected chi connectivity index (χ1v) is 7.12. The summed E-state index contributed by atoms with van der Waals surface area (Å²) >= 11 is 1.65. The third-order valence-electron chi connectivity index (χ3n) is 3.56. The van der Waals surface area contributed by atoms with E-state index in [1.54, 1.807) is 11.3 Å². The Hall–Kier alpha value is -0.380. The molecule has 0 bridgehead atoms. The number of piperidine rings is 1. The maximum absolute atomic E-state index is 10.1. The predicted molar refractivity (Wildman–Crippen MR) is 68.7 cm³/mol. The molecule has 0 aromatic carbocycles. The van der Waals surface area contributed by atoms with Crippen LogP contribution in [-0.4, -0.2) is 17.7 Å². The first-order valence-electron chi connectivity index (χ1n) is 6.24. The van der Waals surface area contributed by atoms with Crippen molar-refractivity contribution in [3.63, 3.8) is 0 Å². The van der Waals surface area contributed by atoms with Gasteiger partial charge in [0, 0.05) is 10.9 Å². The molecule has 0 radical (unpaired) electrons. The van der Waals surface area contributed by atoms with E-state index in [0.29, 0.717) is 6.04 Å². The number of hydrogen-bond acceptors (Lipinski definition) is 3. The molecule has 1 saturated heterocycles. The molecule has 1 fully saturated rings. The second-order valence-corrected chi connectivity index (χ2v) is 5.70. The Bertz CT molecular complexity index is 299. The second-order valence-electron chi connectivity index (χ2n) is 4.72. The number of thiophene rings is 1. The fraction of sp³-hybridized carbons (Fsp3) is 0.692. The van der Waals surface area contributed by atoms with E-state index in [-0.39, 0.29) is 6.10 Å². The molecule has 1 aromatic heterocycles. The van der Waals surface area contributed by atoms with Crippen molar-refractivity contribution in [2.45, 2.75) is 44.8 Å². The quantitative estimate of drug-likeness (QED) is 0.846. The Morgan fingerprint density at radius 2 is 2.50 bits per heavy atom. The van der Waals surface area contributed by atoms with Crippen molar-refractivity contribution >= 4 is 11.3 Å². The zero-order valence-corrected chi connectivity index (χ0v) is 10.7. The highest BCUT2D eigenvalue weighted by Crippen LogP contribution is 2.28. The van der Waals surface area contributed by atoms with Gasteiger partial charge in [0.15, 0.2) is 0 Å². The summed E-state index contributed by atoms with van der Waals surface area (Å²) in [6.45, 7) is 3.38. The molecule has 2 rings (SSSR count). The highest BCUT2D eigenvalue weighted by atomic mass is 32.1. The molecular weight excluding hydrogens is 218 g/mol. The van der Waals surface area contributed by atoms with Crippen LogP contribution >= 0.6 is 11.3 Å². The monoisotopic (exact) mass is 239 g/mol. The molecule has 2 nitrogen and oxygen atoms in total. The standard InChI is InChI=1S/C13H21NOS/c1-2-10-5-6-14-11(8-10)9-12(15)13-4-3-7-16-13/h3-4,7,10-12,14-15H,2,5-6,8-9H2,1H3. The molecule has 2 N–H and O–H groups in total. The Balaban J connectivity index is 1.84. The second kappa shape index (κ2) is 5.80. The molecule has 3 unspecified atom stereocenters. The van der Waals surface area contributed by atoms with Crippen LogP contribution in [-0.2, 0) is 0 Å². The van der Waals surface area contributed by atoms with Crippen molar-refractivity contribution in [2.75, 3.05) is 6.54 Å². The summed E-state index contributed by atoms with van der Waals surface area (Å²) in [5.41, 5.74) is 0. The predicted octanol–water partition coefficient (Wildman–Crippen LogP) is 2.95. The van der Waals surface area contributed by atoms with Crippen molar-refractivity contribution in [3.05, 3.63) is 22.4 Å².